The van der Waals surface area contributed by atoms with Crippen molar-refractivity contribution in [2.45, 2.75) is 70.3 Å². The molecule has 3 heterocycles. The number of urea groups is 1. The molecule has 3 unspecified atom stereocenters. The summed E-state index contributed by atoms with van der Waals surface area (Å²) in [5.74, 6) is -0.245. The summed E-state index contributed by atoms with van der Waals surface area (Å²) >= 11 is 2.90. The zero-order valence-electron chi connectivity index (χ0n) is 30.1. The smallest absolute Gasteiger partial charge is 0.407 e. The highest BCUT2D eigenvalue weighted by Crippen LogP contribution is 2.17. The van der Waals surface area contributed by atoms with Gasteiger partial charge >= 0.3 is 12.1 Å². The van der Waals surface area contributed by atoms with Gasteiger partial charge in [0, 0.05) is 56.0 Å². The molecule has 1 aliphatic rings. The minimum atomic E-state index is -0.758. The maximum absolute atomic E-state index is 14.1. The number of aromatic nitrogens is 2. The molecule has 12 nitrogen and oxygen atoms in total. The number of benzene rings is 1. The van der Waals surface area contributed by atoms with Crippen LogP contribution in [0.5, 0.6) is 0 Å². The van der Waals surface area contributed by atoms with Crippen molar-refractivity contribution in [2.24, 2.45) is 0 Å². The Bertz CT molecular complexity index is 1560. The highest BCUT2D eigenvalue weighted by atomic mass is 32.1. The predicted octanol–water partition coefficient (Wildman–Crippen LogP) is 5.71. The molecule has 4 rings (SSSR count). The van der Waals surface area contributed by atoms with Crippen LogP contribution < -0.4 is 16.0 Å². The van der Waals surface area contributed by atoms with Crippen molar-refractivity contribution in [3.8, 4) is 0 Å². The van der Waals surface area contributed by atoms with E-state index >= 15 is 0 Å². The van der Waals surface area contributed by atoms with Crippen molar-refractivity contribution in [1.29, 1.82) is 0 Å². The van der Waals surface area contributed by atoms with Gasteiger partial charge < -0.3 is 30.3 Å². The van der Waals surface area contributed by atoms with E-state index in [0.717, 1.165) is 34.0 Å². The van der Waals surface area contributed by atoms with Crippen LogP contribution in [0, 0.1) is 0 Å². The van der Waals surface area contributed by atoms with E-state index in [2.05, 4.69) is 37.4 Å². The SMILES string of the molecule is C=C/C=C\C(=C/C)CC(CCC(Cc1ccccc1)NC(=O)C(CCN1CCOCC1)NC(=O)N(C)Cc1cncs1)NC(=O)OCc1cncs1. The molecule has 14 heteroatoms. The number of carbonyl (C=O) groups excluding carboxylic acids is 3. The van der Waals surface area contributed by atoms with Crippen LogP contribution in [0.15, 0.2) is 90.2 Å². The molecule has 0 bridgehead atoms. The average molecular weight is 750 g/mol. The molecule has 3 N–H and O–H groups in total. The van der Waals surface area contributed by atoms with Gasteiger partial charge in [0.15, 0.2) is 0 Å². The Kier molecular flexibility index (Phi) is 17.5. The number of nitrogens with one attached hydrogen (secondary N) is 3. The van der Waals surface area contributed by atoms with Crippen molar-refractivity contribution in [3.05, 3.63) is 106 Å². The van der Waals surface area contributed by atoms with Crippen LogP contribution in [0.1, 0.15) is 47.9 Å². The normalized spacial score (nSPS) is 15.4. The number of allylic oxidation sites excluding steroid dienone is 4. The van der Waals surface area contributed by atoms with Crippen molar-refractivity contribution in [1.82, 2.24) is 35.7 Å². The molecule has 1 saturated heterocycles. The molecule has 52 heavy (non-hydrogen) atoms. The summed E-state index contributed by atoms with van der Waals surface area (Å²) in [5.41, 5.74) is 5.53. The third-order valence-electron chi connectivity index (χ3n) is 8.66. The lowest BCUT2D eigenvalue weighted by molar-refractivity contribution is -0.124. The number of thiazole rings is 2. The summed E-state index contributed by atoms with van der Waals surface area (Å²) in [5, 5.41) is 9.35. The van der Waals surface area contributed by atoms with Crippen molar-refractivity contribution >= 4 is 40.7 Å². The lowest BCUT2D eigenvalue weighted by atomic mass is 9.95. The van der Waals surface area contributed by atoms with Gasteiger partial charge in [-0.25, -0.2) is 9.59 Å². The van der Waals surface area contributed by atoms with Gasteiger partial charge in [0.1, 0.15) is 12.6 Å². The molecule has 280 valence electrons. The van der Waals surface area contributed by atoms with E-state index in [1.165, 1.54) is 22.7 Å². The second kappa shape index (κ2) is 22.5. The Morgan fingerprint density at radius 1 is 1.00 bits per heavy atom. The minimum absolute atomic E-state index is 0.139. The first-order valence-corrected chi connectivity index (χ1v) is 19.4. The van der Waals surface area contributed by atoms with Gasteiger partial charge in [-0.2, -0.15) is 0 Å². The Balaban J connectivity index is 1.48. The third kappa shape index (κ3) is 14.7. The van der Waals surface area contributed by atoms with Gasteiger partial charge in [-0.1, -0.05) is 66.8 Å². The number of hydrogen-bond donors (Lipinski definition) is 3. The van der Waals surface area contributed by atoms with Crippen molar-refractivity contribution < 1.29 is 23.9 Å². The minimum Gasteiger partial charge on any atom is -0.444 e. The largest absolute Gasteiger partial charge is 0.444 e. The number of nitrogens with zero attached hydrogens (tertiary/aromatic N) is 4. The standard InChI is InChI=1S/C38H51N7O5S2/c1-4-6-10-29(5-2)21-32(42-38(48)50-26-34-24-40-28-52-34)14-13-31(22-30-11-8-7-9-12-30)41-36(46)35(15-16-45-17-19-49-20-18-45)43-37(47)44(3)25-33-23-39-27-51-33/h4-12,23-24,27-28,31-32,35H,1,13-22,25-26H2,2-3H3,(H,41,46)(H,42,48)(H,43,47)/b10-6-,29-5+. The number of rotatable bonds is 20. The lowest BCUT2D eigenvalue weighted by Crippen LogP contribution is -2.54. The summed E-state index contributed by atoms with van der Waals surface area (Å²) in [7, 11) is 1.71. The topological polar surface area (TPSA) is 138 Å². The Morgan fingerprint density at radius 3 is 2.38 bits per heavy atom. The first-order chi connectivity index (χ1) is 25.3. The molecule has 4 amide bonds. The molecule has 3 atom stereocenters. The van der Waals surface area contributed by atoms with Crippen molar-refractivity contribution in [3.63, 3.8) is 0 Å². The van der Waals surface area contributed by atoms with E-state index < -0.39 is 12.1 Å². The number of amides is 4. The molecular weight excluding hydrogens is 699 g/mol. The van der Waals surface area contributed by atoms with E-state index in [0.29, 0.717) is 58.4 Å². The first kappa shape index (κ1) is 40.4. The van der Waals surface area contributed by atoms with E-state index in [1.54, 1.807) is 41.4 Å². The van der Waals surface area contributed by atoms with Crippen LogP contribution in [-0.2, 0) is 33.8 Å². The fourth-order valence-electron chi connectivity index (χ4n) is 5.76. The summed E-state index contributed by atoms with van der Waals surface area (Å²) in [6, 6.07) is 8.35. The second-order valence-corrected chi connectivity index (χ2v) is 14.5. The summed E-state index contributed by atoms with van der Waals surface area (Å²) < 4.78 is 11.0. The van der Waals surface area contributed by atoms with Crippen LogP contribution in [-0.4, -0.2) is 95.8 Å². The Hall–Kier alpha value is -4.37. The number of carbonyl (C=O) groups is 3. The highest BCUT2D eigenvalue weighted by molar-refractivity contribution is 7.09. The molecule has 0 aliphatic carbocycles. The zero-order chi connectivity index (χ0) is 37.0. The van der Waals surface area contributed by atoms with E-state index in [4.69, 9.17) is 9.47 Å². The second-order valence-electron chi connectivity index (χ2n) is 12.6. The van der Waals surface area contributed by atoms with Gasteiger partial charge in [0.25, 0.3) is 0 Å². The van der Waals surface area contributed by atoms with Gasteiger partial charge in [-0.15, -0.1) is 22.7 Å². The van der Waals surface area contributed by atoms with Crippen LogP contribution in [0.4, 0.5) is 9.59 Å². The molecule has 1 aliphatic heterocycles. The number of hydrogen-bond acceptors (Lipinski definition) is 10. The molecule has 3 aromatic rings. The fourth-order valence-corrected chi connectivity index (χ4v) is 6.91. The molecule has 1 fully saturated rings. The molecule has 0 saturated carbocycles. The summed E-state index contributed by atoms with van der Waals surface area (Å²) in [4.78, 5) is 54.3. The number of ether oxygens (including phenoxy) is 2. The predicted molar refractivity (Wildman–Crippen MR) is 206 cm³/mol. The average Bonchev–Trinajstić information content (AvgIpc) is 3.88. The zero-order valence-corrected chi connectivity index (χ0v) is 31.7. The van der Waals surface area contributed by atoms with E-state index in [9.17, 15) is 14.4 Å². The van der Waals surface area contributed by atoms with Crippen LogP contribution >= 0.6 is 22.7 Å². The van der Waals surface area contributed by atoms with Crippen LogP contribution in [0.25, 0.3) is 0 Å². The summed E-state index contributed by atoms with van der Waals surface area (Å²) in [6.45, 7) is 9.76. The number of alkyl carbamates (subject to hydrolysis) is 1. The molecule has 0 spiro atoms. The first-order valence-electron chi connectivity index (χ1n) is 17.6. The van der Waals surface area contributed by atoms with Gasteiger partial charge in [-0.3, -0.25) is 19.7 Å². The quantitative estimate of drug-likeness (QED) is 0.125. The van der Waals surface area contributed by atoms with Crippen LogP contribution in [0.2, 0.25) is 0 Å². The van der Waals surface area contributed by atoms with Gasteiger partial charge in [0.05, 0.1) is 35.7 Å². The van der Waals surface area contributed by atoms with Gasteiger partial charge in [-0.05, 0) is 44.6 Å². The molecular formula is C38H51N7O5S2. The maximum atomic E-state index is 14.1. The fraction of sp³-hybridized carbons (Fsp3) is 0.447. The third-order valence-corrected chi connectivity index (χ3v) is 10.2. The Labute approximate surface area is 315 Å². The maximum Gasteiger partial charge on any atom is 0.407 e. The summed E-state index contributed by atoms with van der Waals surface area (Å²) in [6.07, 6.45) is 13.2. The molecule has 0 radical (unpaired) electrons. The van der Waals surface area contributed by atoms with E-state index in [-0.39, 0.29) is 30.6 Å². The van der Waals surface area contributed by atoms with Crippen LogP contribution in [0.3, 0.4) is 0 Å². The van der Waals surface area contributed by atoms with E-state index in [1.807, 2.05) is 55.5 Å². The highest BCUT2D eigenvalue weighted by Gasteiger charge is 2.27. The molecule has 2 aromatic heterocycles. The lowest BCUT2D eigenvalue weighted by Gasteiger charge is -2.30. The molecule has 1 aromatic carbocycles. The van der Waals surface area contributed by atoms with Crippen molar-refractivity contribution in [2.75, 3.05) is 39.9 Å². The monoisotopic (exact) mass is 749 g/mol. The Morgan fingerprint density at radius 2 is 1.71 bits per heavy atom. The number of morpholine rings is 1. The van der Waals surface area contributed by atoms with Gasteiger partial charge in [0.2, 0.25) is 5.91 Å².